The van der Waals surface area contributed by atoms with Crippen LogP contribution in [0.1, 0.15) is 51.7 Å². The summed E-state index contributed by atoms with van der Waals surface area (Å²) in [6, 6.07) is 4.78. The quantitative estimate of drug-likeness (QED) is 0.542. The summed E-state index contributed by atoms with van der Waals surface area (Å²) in [5, 5.41) is 17.4. The molecular weight excluding hydrogens is 316 g/mol. The smallest absolute Gasteiger partial charge is 0.191 e. The first-order valence-electron chi connectivity index (χ1n) is 9.64. The van der Waals surface area contributed by atoms with Crippen LogP contribution < -0.4 is 10.6 Å². The van der Waals surface area contributed by atoms with Gasteiger partial charge in [-0.2, -0.15) is 0 Å². The minimum atomic E-state index is -1.10. The van der Waals surface area contributed by atoms with Crippen LogP contribution >= 0.6 is 0 Å². The summed E-state index contributed by atoms with van der Waals surface area (Å²) in [6.07, 6.45) is 8.19. The van der Waals surface area contributed by atoms with Gasteiger partial charge in [0.1, 0.15) is 11.4 Å². The van der Waals surface area contributed by atoms with E-state index in [0.717, 1.165) is 31.5 Å². The van der Waals surface area contributed by atoms with E-state index in [1.807, 2.05) is 0 Å². The van der Waals surface area contributed by atoms with E-state index in [-0.39, 0.29) is 6.54 Å². The fraction of sp³-hybridized carbons (Fsp3) is 0.737. The number of nitrogens with zero attached hydrogens (tertiary/aromatic N) is 2. The van der Waals surface area contributed by atoms with Crippen LogP contribution in [0.5, 0.6) is 0 Å². The van der Waals surface area contributed by atoms with Crippen molar-refractivity contribution in [3.05, 3.63) is 24.2 Å². The van der Waals surface area contributed by atoms with Crippen molar-refractivity contribution < 1.29 is 9.52 Å². The van der Waals surface area contributed by atoms with Gasteiger partial charge in [-0.25, -0.2) is 4.99 Å². The molecule has 0 radical (unpaired) electrons. The highest BCUT2D eigenvalue weighted by atomic mass is 16.4. The lowest BCUT2D eigenvalue weighted by Crippen LogP contribution is -2.46. The van der Waals surface area contributed by atoms with Gasteiger partial charge in [-0.05, 0) is 45.2 Å². The summed E-state index contributed by atoms with van der Waals surface area (Å²) in [7, 11) is 0. The van der Waals surface area contributed by atoms with Gasteiger partial charge in [0.2, 0.25) is 0 Å². The van der Waals surface area contributed by atoms with Gasteiger partial charge in [-0.3, -0.25) is 4.90 Å². The van der Waals surface area contributed by atoms with Crippen molar-refractivity contribution in [1.82, 2.24) is 15.5 Å². The number of aliphatic hydroxyl groups is 1. The van der Waals surface area contributed by atoms with Crippen molar-refractivity contribution in [3.8, 4) is 0 Å². The second-order valence-corrected chi connectivity index (χ2v) is 7.51. The van der Waals surface area contributed by atoms with E-state index in [4.69, 9.17) is 4.42 Å². The Morgan fingerprint density at radius 3 is 2.88 bits per heavy atom. The summed E-state index contributed by atoms with van der Waals surface area (Å²) >= 11 is 0. The molecule has 1 aliphatic heterocycles. The highest BCUT2D eigenvalue weighted by Crippen LogP contribution is 2.26. The minimum Gasteiger partial charge on any atom is -0.466 e. The second-order valence-electron chi connectivity index (χ2n) is 7.51. The van der Waals surface area contributed by atoms with Crippen molar-refractivity contribution >= 4 is 5.96 Å². The molecule has 6 nitrogen and oxygen atoms in total. The van der Waals surface area contributed by atoms with E-state index in [1.165, 1.54) is 32.2 Å². The largest absolute Gasteiger partial charge is 0.466 e. The summed E-state index contributed by atoms with van der Waals surface area (Å²) in [5.74, 6) is 1.31. The van der Waals surface area contributed by atoms with Gasteiger partial charge < -0.3 is 20.2 Å². The van der Waals surface area contributed by atoms with Crippen molar-refractivity contribution in [3.63, 3.8) is 0 Å². The van der Waals surface area contributed by atoms with Gasteiger partial charge in [-0.1, -0.05) is 12.8 Å². The van der Waals surface area contributed by atoms with Gasteiger partial charge in [0.25, 0.3) is 0 Å². The third-order valence-corrected chi connectivity index (χ3v) is 5.34. The predicted octanol–water partition coefficient (Wildman–Crippen LogP) is 2.06. The molecular formula is C19H32N4O2. The van der Waals surface area contributed by atoms with E-state index in [9.17, 15) is 5.11 Å². The van der Waals surface area contributed by atoms with Crippen LogP contribution in [0.2, 0.25) is 0 Å². The van der Waals surface area contributed by atoms with Crippen LogP contribution in [-0.4, -0.2) is 54.2 Å². The fourth-order valence-corrected chi connectivity index (χ4v) is 3.92. The van der Waals surface area contributed by atoms with Crippen molar-refractivity contribution in [2.24, 2.45) is 4.99 Å². The molecule has 140 valence electrons. The molecule has 1 aromatic rings. The van der Waals surface area contributed by atoms with Gasteiger partial charge in [0.05, 0.1) is 12.8 Å². The first-order chi connectivity index (χ1) is 12.1. The summed E-state index contributed by atoms with van der Waals surface area (Å²) in [5.41, 5.74) is -1.10. The van der Waals surface area contributed by atoms with E-state index in [1.54, 1.807) is 25.3 Å². The molecule has 2 fully saturated rings. The molecule has 2 unspecified atom stereocenters. The maximum atomic E-state index is 10.6. The Morgan fingerprint density at radius 1 is 1.40 bits per heavy atom. The van der Waals surface area contributed by atoms with Crippen LogP contribution in [0.15, 0.2) is 27.8 Å². The normalized spacial score (nSPS) is 25.2. The topological polar surface area (TPSA) is 73.0 Å². The molecule has 0 spiro atoms. The Hall–Kier alpha value is -1.53. The molecule has 1 aromatic heterocycles. The van der Waals surface area contributed by atoms with Gasteiger partial charge in [0.15, 0.2) is 5.96 Å². The van der Waals surface area contributed by atoms with Crippen LogP contribution in [-0.2, 0) is 5.60 Å². The summed E-state index contributed by atoms with van der Waals surface area (Å²) < 4.78 is 5.33. The van der Waals surface area contributed by atoms with Crippen LogP contribution in [0.25, 0.3) is 0 Å². The zero-order chi connectivity index (χ0) is 17.7. The number of furan rings is 1. The van der Waals surface area contributed by atoms with E-state index < -0.39 is 5.60 Å². The van der Waals surface area contributed by atoms with Crippen LogP contribution in [0, 0.1) is 0 Å². The van der Waals surface area contributed by atoms with E-state index >= 15 is 0 Å². The number of aliphatic imine (C=N–C) groups is 1. The average Bonchev–Trinajstić information content (AvgIpc) is 3.33. The van der Waals surface area contributed by atoms with Crippen molar-refractivity contribution in [2.45, 2.75) is 63.6 Å². The first-order valence-corrected chi connectivity index (χ1v) is 9.64. The lowest BCUT2D eigenvalue weighted by molar-refractivity contribution is 0.0436. The van der Waals surface area contributed by atoms with Crippen LogP contribution in [0.3, 0.4) is 0 Å². The lowest BCUT2D eigenvalue weighted by atomic mass is 10.0. The molecule has 1 saturated carbocycles. The van der Waals surface area contributed by atoms with Gasteiger partial charge in [0, 0.05) is 31.7 Å². The maximum absolute atomic E-state index is 10.6. The molecule has 25 heavy (non-hydrogen) atoms. The number of hydrogen-bond donors (Lipinski definition) is 3. The molecule has 2 atom stereocenters. The third kappa shape index (κ3) is 4.76. The number of nitrogens with one attached hydrogen (secondary N) is 2. The standard InChI is InChI=1S/C19H32N4O2/c1-3-20-18(21-14-19(2,24)17-9-6-12-25-17)22-15-10-11-23(13-15)16-7-4-5-8-16/h6,9,12,15-16,24H,3-5,7-8,10-11,13-14H2,1-2H3,(H2,20,21,22). The number of hydrogen-bond acceptors (Lipinski definition) is 4. The molecule has 1 saturated heterocycles. The molecule has 2 heterocycles. The third-order valence-electron chi connectivity index (χ3n) is 5.34. The predicted molar refractivity (Wildman–Crippen MR) is 99.6 cm³/mol. The second kappa shape index (κ2) is 8.23. The Labute approximate surface area is 150 Å². The molecule has 6 heteroatoms. The summed E-state index contributed by atoms with van der Waals surface area (Å²) in [6.45, 7) is 7.11. The molecule has 2 aliphatic rings. The number of rotatable bonds is 6. The highest BCUT2D eigenvalue weighted by Gasteiger charge is 2.31. The molecule has 3 rings (SSSR count). The van der Waals surface area contributed by atoms with Crippen molar-refractivity contribution in [2.75, 3.05) is 26.2 Å². The first kappa shape index (κ1) is 18.3. The Kier molecular flexibility index (Phi) is 6.02. The molecule has 0 bridgehead atoms. The zero-order valence-electron chi connectivity index (χ0n) is 15.5. The van der Waals surface area contributed by atoms with Crippen molar-refractivity contribution in [1.29, 1.82) is 0 Å². The number of guanidine groups is 1. The number of likely N-dealkylation sites (tertiary alicyclic amines) is 1. The monoisotopic (exact) mass is 348 g/mol. The SMILES string of the molecule is CCNC(=NCC(C)(O)c1ccco1)NC1CCN(C2CCCC2)C1. The zero-order valence-corrected chi connectivity index (χ0v) is 15.5. The Bertz CT molecular complexity index is 550. The summed E-state index contributed by atoms with van der Waals surface area (Å²) in [4.78, 5) is 7.23. The van der Waals surface area contributed by atoms with E-state index in [0.29, 0.717) is 11.8 Å². The average molecular weight is 348 g/mol. The van der Waals surface area contributed by atoms with Gasteiger partial charge >= 0.3 is 0 Å². The maximum Gasteiger partial charge on any atom is 0.191 e. The van der Waals surface area contributed by atoms with Gasteiger partial charge in [-0.15, -0.1) is 0 Å². The highest BCUT2D eigenvalue weighted by molar-refractivity contribution is 5.80. The molecule has 1 aliphatic carbocycles. The van der Waals surface area contributed by atoms with Crippen LogP contribution in [0.4, 0.5) is 0 Å². The molecule has 0 amide bonds. The Morgan fingerprint density at radius 2 is 2.20 bits per heavy atom. The van der Waals surface area contributed by atoms with E-state index in [2.05, 4.69) is 27.4 Å². The Balaban J connectivity index is 1.55. The minimum absolute atomic E-state index is 0.259. The molecule has 0 aromatic carbocycles. The fourth-order valence-electron chi connectivity index (χ4n) is 3.92. The molecule has 3 N–H and O–H groups in total. The lowest BCUT2D eigenvalue weighted by Gasteiger charge is -2.24.